The second-order valence-electron chi connectivity index (χ2n) is 9.12. The highest BCUT2D eigenvalue weighted by molar-refractivity contribution is 5.93. The lowest BCUT2D eigenvalue weighted by molar-refractivity contribution is -0.117. The van der Waals surface area contributed by atoms with Crippen LogP contribution in [0.5, 0.6) is 0 Å². The number of likely N-dealkylation sites (N-methyl/N-ethyl adjacent to an activating group) is 1. The lowest BCUT2D eigenvalue weighted by Gasteiger charge is -2.20. The van der Waals surface area contributed by atoms with E-state index in [-0.39, 0.29) is 18.2 Å². The Morgan fingerprint density at radius 1 is 1.05 bits per heavy atom. The van der Waals surface area contributed by atoms with Gasteiger partial charge in [0.05, 0.1) is 36.4 Å². The number of pyridine rings is 1. The predicted molar refractivity (Wildman–Crippen MR) is 141 cm³/mol. The number of hydrogen-bond donors (Lipinski definition) is 2. The molecule has 3 heterocycles. The van der Waals surface area contributed by atoms with Crippen LogP contribution in [0.25, 0.3) is 11.3 Å². The molecule has 0 spiro atoms. The normalized spacial score (nSPS) is 13.3. The van der Waals surface area contributed by atoms with E-state index < -0.39 is 23.3 Å². The number of nitrogens with one attached hydrogen (secondary N) is 2. The minimum atomic E-state index is -0.529. The van der Waals surface area contributed by atoms with Gasteiger partial charge in [0.1, 0.15) is 11.6 Å². The third-order valence-electron chi connectivity index (χ3n) is 6.63. The monoisotopic (exact) mass is 516 g/mol. The molecule has 1 unspecified atom stereocenters. The van der Waals surface area contributed by atoms with Crippen molar-refractivity contribution in [1.29, 1.82) is 0 Å². The van der Waals surface area contributed by atoms with Crippen LogP contribution in [-0.2, 0) is 17.8 Å². The summed E-state index contributed by atoms with van der Waals surface area (Å²) in [6.07, 6.45) is 5.58. The molecule has 0 radical (unpaired) electrons. The quantitative estimate of drug-likeness (QED) is 0.388. The van der Waals surface area contributed by atoms with Gasteiger partial charge in [-0.1, -0.05) is 0 Å². The summed E-state index contributed by atoms with van der Waals surface area (Å²) < 4.78 is 28.8. The van der Waals surface area contributed by atoms with Gasteiger partial charge in [0, 0.05) is 24.0 Å². The number of aromatic nitrogens is 3. The Labute approximate surface area is 218 Å². The molecule has 194 valence electrons. The molecule has 38 heavy (non-hydrogen) atoms. The highest BCUT2D eigenvalue weighted by atomic mass is 19.1. The molecule has 0 fully saturated rings. The van der Waals surface area contributed by atoms with E-state index in [1.165, 1.54) is 29.0 Å². The third kappa shape index (κ3) is 5.03. The number of benzene rings is 2. The number of carbonyl (C=O) groups excluding carboxylic acids is 1. The summed E-state index contributed by atoms with van der Waals surface area (Å²) in [5.74, 6) is -1.17. The summed E-state index contributed by atoms with van der Waals surface area (Å²) in [4.78, 5) is 36.6. The number of nitrogens with zero attached hydrogens (tertiary/aromatic N) is 4. The van der Waals surface area contributed by atoms with Gasteiger partial charge in [-0.3, -0.25) is 19.1 Å². The number of hydrogen-bond acceptors (Lipinski definition) is 6. The summed E-state index contributed by atoms with van der Waals surface area (Å²) in [6.45, 7) is 2.48. The van der Waals surface area contributed by atoms with Crippen molar-refractivity contribution in [3.63, 3.8) is 0 Å². The molecule has 1 aliphatic heterocycles. The van der Waals surface area contributed by atoms with Crippen LogP contribution in [0.1, 0.15) is 18.1 Å². The van der Waals surface area contributed by atoms with Crippen molar-refractivity contribution >= 4 is 23.1 Å². The van der Waals surface area contributed by atoms with Crippen LogP contribution in [-0.4, -0.2) is 40.1 Å². The molecule has 0 bridgehead atoms. The smallest absolute Gasteiger partial charge is 0.294 e. The number of fused-ring (bicyclic) bond motifs is 1. The van der Waals surface area contributed by atoms with Gasteiger partial charge in [0.15, 0.2) is 5.82 Å². The van der Waals surface area contributed by atoms with Crippen LogP contribution >= 0.6 is 0 Å². The van der Waals surface area contributed by atoms with Crippen LogP contribution in [0.3, 0.4) is 0 Å². The molecule has 10 heteroatoms. The maximum atomic E-state index is 13.7. The van der Waals surface area contributed by atoms with Gasteiger partial charge in [-0.25, -0.2) is 13.8 Å². The lowest BCUT2D eigenvalue weighted by atomic mass is 10.1. The van der Waals surface area contributed by atoms with E-state index in [2.05, 4.69) is 25.5 Å². The molecule has 0 aliphatic carbocycles. The SMILES string of the molecule is CNC(C)C(=O)Nc1ncc(-c2ccc(F)cc2)n(Cc2cncc(N3CCc4cc(F)ccc43)c2)c1=O. The summed E-state index contributed by atoms with van der Waals surface area (Å²) in [5.41, 5.74) is 3.94. The summed E-state index contributed by atoms with van der Waals surface area (Å²) >= 11 is 0. The number of halogens is 2. The van der Waals surface area contributed by atoms with Crippen molar-refractivity contribution in [2.24, 2.45) is 0 Å². The second kappa shape index (κ2) is 10.5. The van der Waals surface area contributed by atoms with E-state index in [1.54, 1.807) is 50.6 Å². The van der Waals surface area contributed by atoms with E-state index in [1.807, 2.05) is 6.07 Å². The Morgan fingerprint density at radius 2 is 1.82 bits per heavy atom. The Morgan fingerprint density at radius 3 is 2.58 bits per heavy atom. The van der Waals surface area contributed by atoms with Crippen molar-refractivity contribution in [2.45, 2.75) is 25.9 Å². The first-order valence-corrected chi connectivity index (χ1v) is 12.2. The van der Waals surface area contributed by atoms with E-state index >= 15 is 0 Å². The first-order valence-electron chi connectivity index (χ1n) is 12.2. The maximum Gasteiger partial charge on any atom is 0.294 e. The molecule has 2 N–H and O–H groups in total. The molecular formula is C28H26F2N6O2. The minimum absolute atomic E-state index is 0.109. The topological polar surface area (TPSA) is 92.2 Å². The molecule has 1 atom stereocenters. The molecule has 4 aromatic rings. The maximum absolute atomic E-state index is 13.7. The number of amides is 1. The fraction of sp³-hybridized carbons (Fsp3) is 0.214. The van der Waals surface area contributed by atoms with Crippen molar-refractivity contribution in [3.8, 4) is 11.3 Å². The lowest BCUT2D eigenvalue weighted by Crippen LogP contribution is -2.38. The summed E-state index contributed by atoms with van der Waals surface area (Å²) in [5, 5.41) is 5.41. The van der Waals surface area contributed by atoms with Crippen LogP contribution in [0.15, 0.2) is 71.9 Å². The zero-order valence-corrected chi connectivity index (χ0v) is 20.9. The molecule has 0 saturated carbocycles. The van der Waals surface area contributed by atoms with Gasteiger partial charge < -0.3 is 15.5 Å². The standard InChI is InChI=1S/C28H26F2N6O2/c1-17(31-2)27(37)34-26-28(38)36(25(15-33-26)19-3-5-21(29)6-4-19)16-18-11-23(14-32-13-18)35-10-9-20-12-22(30)7-8-24(20)35/h3-8,11-15,17,31H,9-10,16H2,1-2H3,(H,33,34,37). The number of carbonyl (C=O) groups is 1. The first-order chi connectivity index (χ1) is 18.3. The zero-order chi connectivity index (χ0) is 26.8. The highest BCUT2D eigenvalue weighted by Gasteiger charge is 2.22. The van der Waals surface area contributed by atoms with E-state index in [9.17, 15) is 18.4 Å². The Balaban J connectivity index is 1.53. The molecule has 2 aromatic heterocycles. The highest BCUT2D eigenvalue weighted by Crippen LogP contribution is 2.35. The Hall–Kier alpha value is -4.44. The molecule has 2 aromatic carbocycles. The molecule has 1 aliphatic rings. The third-order valence-corrected chi connectivity index (χ3v) is 6.63. The number of rotatable bonds is 7. The van der Waals surface area contributed by atoms with Gasteiger partial charge in [0.25, 0.3) is 5.56 Å². The van der Waals surface area contributed by atoms with Crippen LogP contribution < -0.4 is 21.1 Å². The average Bonchev–Trinajstić information content (AvgIpc) is 3.34. The average molecular weight is 517 g/mol. The van der Waals surface area contributed by atoms with Crippen LogP contribution in [0.2, 0.25) is 0 Å². The Bertz CT molecular complexity index is 1550. The summed E-state index contributed by atoms with van der Waals surface area (Å²) in [6, 6.07) is 11.9. The molecule has 1 amide bonds. The van der Waals surface area contributed by atoms with E-state index in [4.69, 9.17) is 0 Å². The predicted octanol–water partition coefficient (Wildman–Crippen LogP) is 3.87. The van der Waals surface area contributed by atoms with Crippen molar-refractivity contribution < 1.29 is 13.6 Å². The minimum Gasteiger partial charge on any atom is -0.340 e. The fourth-order valence-electron chi connectivity index (χ4n) is 4.47. The molecule has 8 nitrogen and oxygen atoms in total. The number of anilines is 3. The van der Waals surface area contributed by atoms with E-state index in [0.29, 0.717) is 24.2 Å². The van der Waals surface area contributed by atoms with Gasteiger partial charge in [-0.15, -0.1) is 0 Å². The van der Waals surface area contributed by atoms with Gasteiger partial charge >= 0.3 is 0 Å². The van der Waals surface area contributed by atoms with E-state index in [0.717, 1.165) is 22.5 Å². The van der Waals surface area contributed by atoms with Gasteiger partial charge in [0.2, 0.25) is 5.91 Å². The van der Waals surface area contributed by atoms with Crippen LogP contribution in [0.4, 0.5) is 26.0 Å². The van der Waals surface area contributed by atoms with Crippen molar-refractivity contribution in [3.05, 3.63) is 100 Å². The van der Waals surface area contributed by atoms with Crippen molar-refractivity contribution in [1.82, 2.24) is 19.9 Å². The fourth-order valence-corrected chi connectivity index (χ4v) is 4.47. The largest absolute Gasteiger partial charge is 0.340 e. The summed E-state index contributed by atoms with van der Waals surface area (Å²) in [7, 11) is 1.64. The van der Waals surface area contributed by atoms with Crippen molar-refractivity contribution in [2.75, 3.05) is 23.8 Å². The molecular weight excluding hydrogens is 490 g/mol. The molecule has 5 rings (SSSR count). The Kier molecular flexibility index (Phi) is 6.97. The van der Waals surface area contributed by atoms with Gasteiger partial charge in [-0.05, 0) is 80.1 Å². The van der Waals surface area contributed by atoms with Gasteiger partial charge in [-0.2, -0.15) is 0 Å². The molecule has 0 saturated heterocycles. The second-order valence-corrected chi connectivity index (χ2v) is 9.12. The zero-order valence-electron chi connectivity index (χ0n) is 20.9. The van der Waals surface area contributed by atoms with Crippen LogP contribution in [0, 0.1) is 11.6 Å². The first kappa shape index (κ1) is 25.2.